The van der Waals surface area contributed by atoms with E-state index < -0.39 is 0 Å². The second-order valence-electron chi connectivity index (χ2n) is 4.85. The maximum absolute atomic E-state index is 6.01. The third-order valence-electron chi connectivity index (χ3n) is 3.27. The summed E-state index contributed by atoms with van der Waals surface area (Å²) in [5.41, 5.74) is 6.01. The van der Waals surface area contributed by atoms with Crippen LogP contribution in [-0.4, -0.2) is 30.3 Å². The van der Waals surface area contributed by atoms with Crippen molar-refractivity contribution < 1.29 is 0 Å². The van der Waals surface area contributed by atoms with Gasteiger partial charge < -0.3 is 5.73 Å². The van der Waals surface area contributed by atoms with Crippen molar-refractivity contribution in [2.45, 2.75) is 78.6 Å². The van der Waals surface area contributed by atoms with Gasteiger partial charge in [-0.15, -0.1) is 0 Å². The minimum atomic E-state index is 0.130. The van der Waals surface area contributed by atoms with Crippen LogP contribution in [-0.2, 0) is 0 Å². The zero-order valence-electron chi connectivity index (χ0n) is 12.3. The van der Waals surface area contributed by atoms with Crippen molar-refractivity contribution >= 4 is 0 Å². The SMILES string of the molecule is CCCCN(CCCC)C(CC)NC(N)CC. The third kappa shape index (κ3) is 7.74. The first-order chi connectivity index (χ1) is 8.19. The molecule has 0 saturated carbocycles. The van der Waals surface area contributed by atoms with Crippen LogP contribution >= 0.6 is 0 Å². The maximum atomic E-state index is 6.01. The van der Waals surface area contributed by atoms with Gasteiger partial charge in [-0.25, -0.2) is 0 Å². The first-order valence-corrected chi connectivity index (χ1v) is 7.45. The Hall–Kier alpha value is -0.120. The predicted molar refractivity (Wildman–Crippen MR) is 76.9 cm³/mol. The Balaban J connectivity index is 4.25. The van der Waals surface area contributed by atoms with Crippen molar-refractivity contribution in [2.24, 2.45) is 5.73 Å². The molecular weight excluding hydrogens is 210 g/mol. The van der Waals surface area contributed by atoms with E-state index in [9.17, 15) is 0 Å². The molecule has 0 aromatic heterocycles. The Bertz CT molecular complexity index is 154. The lowest BCUT2D eigenvalue weighted by Gasteiger charge is -2.33. The fraction of sp³-hybridized carbons (Fsp3) is 1.00. The molecule has 0 rings (SSSR count). The van der Waals surface area contributed by atoms with Gasteiger partial charge in [0.1, 0.15) is 0 Å². The van der Waals surface area contributed by atoms with Gasteiger partial charge in [-0.05, 0) is 38.8 Å². The van der Waals surface area contributed by atoms with Gasteiger partial charge >= 0.3 is 0 Å². The first-order valence-electron chi connectivity index (χ1n) is 7.45. The van der Waals surface area contributed by atoms with Crippen molar-refractivity contribution in [2.75, 3.05) is 13.1 Å². The molecule has 0 heterocycles. The van der Waals surface area contributed by atoms with Gasteiger partial charge in [0, 0.05) is 0 Å². The minimum absolute atomic E-state index is 0.130. The standard InChI is InChI=1S/C14H33N3/c1-5-9-11-17(12-10-6-2)14(8-4)16-13(15)7-3/h13-14,16H,5-12,15H2,1-4H3. The molecule has 104 valence electrons. The van der Waals surface area contributed by atoms with Crippen molar-refractivity contribution in [3.05, 3.63) is 0 Å². The lowest BCUT2D eigenvalue weighted by atomic mass is 10.2. The number of hydrogen-bond acceptors (Lipinski definition) is 3. The topological polar surface area (TPSA) is 41.3 Å². The van der Waals surface area contributed by atoms with Crippen LogP contribution < -0.4 is 11.1 Å². The molecule has 0 radical (unpaired) electrons. The van der Waals surface area contributed by atoms with Crippen LogP contribution in [0.5, 0.6) is 0 Å². The summed E-state index contributed by atoms with van der Waals surface area (Å²) in [4.78, 5) is 2.57. The third-order valence-corrected chi connectivity index (χ3v) is 3.27. The number of rotatable bonds is 11. The van der Waals surface area contributed by atoms with Gasteiger partial charge in [0.05, 0.1) is 12.3 Å². The molecule has 0 aliphatic rings. The van der Waals surface area contributed by atoms with E-state index in [0.717, 1.165) is 12.8 Å². The number of nitrogens with zero attached hydrogens (tertiary/aromatic N) is 1. The normalized spacial score (nSPS) is 15.2. The van der Waals surface area contributed by atoms with Gasteiger partial charge in [0.15, 0.2) is 0 Å². The lowest BCUT2D eigenvalue weighted by molar-refractivity contribution is 0.142. The van der Waals surface area contributed by atoms with Crippen LogP contribution in [0, 0.1) is 0 Å². The molecule has 0 fully saturated rings. The zero-order valence-corrected chi connectivity index (χ0v) is 12.3. The van der Waals surface area contributed by atoms with Crippen molar-refractivity contribution in [3.8, 4) is 0 Å². The van der Waals surface area contributed by atoms with Gasteiger partial charge in [-0.1, -0.05) is 40.5 Å². The van der Waals surface area contributed by atoms with E-state index in [1.54, 1.807) is 0 Å². The quantitative estimate of drug-likeness (QED) is 0.548. The van der Waals surface area contributed by atoms with Crippen molar-refractivity contribution in [1.29, 1.82) is 0 Å². The Morgan fingerprint density at radius 2 is 1.47 bits per heavy atom. The monoisotopic (exact) mass is 243 g/mol. The zero-order chi connectivity index (χ0) is 13.1. The molecule has 0 spiro atoms. The lowest BCUT2D eigenvalue weighted by Crippen LogP contribution is -2.52. The van der Waals surface area contributed by atoms with Crippen LogP contribution in [0.15, 0.2) is 0 Å². The van der Waals surface area contributed by atoms with Crippen LogP contribution in [0.1, 0.15) is 66.2 Å². The predicted octanol–water partition coefficient (Wildman–Crippen LogP) is 2.91. The Labute approximate surface area is 108 Å². The summed E-state index contributed by atoms with van der Waals surface area (Å²) in [6.07, 6.45) is 7.78. The second-order valence-corrected chi connectivity index (χ2v) is 4.85. The van der Waals surface area contributed by atoms with E-state index >= 15 is 0 Å². The molecule has 0 aliphatic heterocycles. The Morgan fingerprint density at radius 1 is 0.941 bits per heavy atom. The van der Waals surface area contributed by atoms with E-state index in [2.05, 4.69) is 37.9 Å². The summed E-state index contributed by atoms with van der Waals surface area (Å²) in [5, 5.41) is 3.54. The van der Waals surface area contributed by atoms with E-state index in [4.69, 9.17) is 5.73 Å². The molecule has 17 heavy (non-hydrogen) atoms. The van der Waals surface area contributed by atoms with E-state index in [1.165, 1.54) is 38.8 Å². The summed E-state index contributed by atoms with van der Waals surface area (Å²) in [7, 11) is 0. The van der Waals surface area contributed by atoms with E-state index in [0.29, 0.717) is 6.17 Å². The molecule has 0 aromatic rings. The fourth-order valence-corrected chi connectivity index (χ4v) is 1.99. The molecule has 0 saturated heterocycles. The average molecular weight is 243 g/mol. The Kier molecular flexibility index (Phi) is 10.9. The highest BCUT2D eigenvalue weighted by atomic mass is 15.3. The summed E-state index contributed by atoms with van der Waals surface area (Å²) in [6, 6.07) is 0. The van der Waals surface area contributed by atoms with Crippen molar-refractivity contribution in [1.82, 2.24) is 10.2 Å². The number of hydrogen-bond donors (Lipinski definition) is 2. The van der Waals surface area contributed by atoms with E-state index in [1.807, 2.05) is 0 Å². The minimum Gasteiger partial charge on any atom is -0.316 e. The molecule has 0 bridgehead atoms. The smallest absolute Gasteiger partial charge is 0.0606 e. The summed E-state index contributed by atoms with van der Waals surface area (Å²) in [6.45, 7) is 11.3. The van der Waals surface area contributed by atoms with Gasteiger partial charge in [0.25, 0.3) is 0 Å². The summed E-state index contributed by atoms with van der Waals surface area (Å²) < 4.78 is 0. The highest BCUT2D eigenvalue weighted by molar-refractivity contribution is 4.71. The number of nitrogens with two attached hydrogens (primary N) is 1. The van der Waals surface area contributed by atoms with Crippen molar-refractivity contribution in [3.63, 3.8) is 0 Å². The maximum Gasteiger partial charge on any atom is 0.0606 e. The highest BCUT2D eigenvalue weighted by Gasteiger charge is 2.16. The fourth-order valence-electron chi connectivity index (χ4n) is 1.99. The molecule has 2 atom stereocenters. The molecule has 0 aromatic carbocycles. The first kappa shape index (κ1) is 16.9. The average Bonchev–Trinajstić information content (AvgIpc) is 2.36. The van der Waals surface area contributed by atoms with E-state index in [-0.39, 0.29) is 6.17 Å². The van der Waals surface area contributed by atoms with Gasteiger partial charge in [-0.3, -0.25) is 10.2 Å². The molecular formula is C14H33N3. The second kappa shape index (κ2) is 11.0. The van der Waals surface area contributed by atoms with Crippen LogP contribution in [0.2, 0.25) is 0 Å². The molecule has 3 nitrogen and oxygen atoms in total. The molecule has 3 heteroatoms. The summed E-state index contributed by atoms with van der Waals surface area (Å²) >= 11 is 0. The largest absolute Gasteiger partial charge is 0.316 e. The summed E-state index contributed by atoms with van der Waals surface area (Å²) in [5.74, 6) is 0. The Morgan fingerprint density at radius 3 is 1.82 bits per heavy atom. The van der Waals surface area contributed by atoms with Gasteiger partial charge in [0.2, 0.25) is 0 Å². The highest BCUT2D eigenvalue weighted by Crippen LogP contribution is 2.07. The van der Waals surface area contributed by atoms with Crippen LogP contribution in [0.4, 0.5) is 0 Å². The van der Waals surface area contributed by atoms with Crippen LogP contribution in [0.25, 0.3) is 0 Å². The van der Waals surface area contributed by atoms with Gasteiger partial charge in [-0.2, -0.15) is 0 Å². The molecule has 0 amide bonds. The molecule has 0 aliphatic carbocycles. The molecule has 2 unspecified atom stereocenters. The molecule has 3 N–H and O–H groups in total. The number of nitrogens with one attached hydrogen (secondary N) is 1. The van der Waals surface area contributed by atoms with Crippen LogP contribution in [0.3, 0.4) is 0 Å². The number of unbranched alkanes of at least 4 members (excludes halogenated alkanes) is 2.